The summed E-state index contributed by atoms with van der Waals surface area (Å²) >= 11 is 0. The molecule has 0 aromatic heterocycles. The number of hydrogen-bond donors (Lipinski definition) is 1. The van der Waals surface area contributed by atoms with Gasteiger partial charge in [-0.3, -0.25) is 4.79 Å². The zero-order valence-corrected chi connectivity index (χ0v) is 13.4. The van der Waals surface area contributed by atoms with Crippen LogP contribution >= 0.6 is 12.4 Å². The number of carbonyl (C=O) groups excluding carboxylic acids is 1. The molecule has 3 nitrogen and oxygen atoms in total. The van der Waals surface area contributed by atoms with Gasteiger partial charge in [0.25, 0.3) is 0 Å². The fourth-order valence-electron chi connectivity index (χ4n) is 3.30. The van der Waals surface area contributed by atoms with Gasteiger partial charge in [-0.05, 0) is 50.5 Å². The maximum absolute atomic E-state index is 12.4. The van der Waals surface area contributed by atoms with Crippen molar-refractivity contribution in [2.45, 2.75) is 58.4 Å². The van der Waals surface area contributed by atoms with Crippen LogP contribution < -0.4 is 5.32 Å². The van der Waals surface area contributed by atoms with E-state index in [1.165, 1.54) is 25.7 Å². The zero-order valence-electron chi connectivity index (χ0n) is 12.6. The van der Waals surface area contributed by atoms with Gasteiger partial charge in [-0.15, -0.1) is 12.4 Å². The molecular formula is C15H29ClN2O. The first-order valence-electron chi connectivity index (χ1n) is 7.47. The van der Waals surface area contributed by atoms with E-state index in [0.29, 0.717) is 17.4 Å². The van der Waals surface area contributed by atoms with Gasteiger partial charge in [-0.1, -0.05) is 13.8 Å². The molecule has 0 unspecified atom stereocenters. The van der Waals surface area contributed by atoms with E-state index in [9.17, 15) is 4.79 Å². The molecule has 2 aliphatic rings. The molecule has 0 radical (unpaired) electrons. The molecule has 0 spiro atoms. The molecular weight excluding hydrogens is 260 g/mol. The molecule has 1 atom stereocenters. The summed E-state index contributed by atoms with van der Waals surface area (Å²) in [6.07, 6.45) is 7.05. The quantitative estimate of drug-likeness (QED) is 0.847. The number of halogens is 1. The second-order valence-electron chi connectivity index (χ2n) is 6.89. The molecule has 1 N–H and O–H groups in total. The van der Waals surface area contributed by atoms with Crippen molar-refractivity contribution in [1.82, 2.24) is 10.2 Å². The highest BCUT2D eigenvalue weighted by Crippen LogP contribution is 2.37. The smallest absolute Gasteiger partial charge is 0.226 e. The van der Waals surface area contributed by atoms with Crippen LogP contribution in [-0.4, -0.2) is 37.0 Å². The van der Waals surface area contributed by atoms with Crippen LogP contribution in [0.1, 0.15) is 52.4 Å². The topological polar surface area (TPSA) is 32.3 Å². The minimum Gasteiger partial charge on any atom is -0.342 e. The standard InChI is InChI=1S/C15H28N2O.ClH/c1-15(2)8-6-13(7-9-15)17(3)14(18)12-5-4-10-16-11-12;/h12-13,16H,4-11H2,1-3H3;1H/t12-;/m1./s1. The van der Waals surface area contributed by atoms with Gasteiger partial charge >= 0.3 is 0 Å². The largest absolute Gasteiger partial charge is 0.342 e. The number of nitrogens with zero attached hydrogens (tertiary/aromatic N) is 1. The molecule has 1 aliphatic carbocycles. The van der Waals surface area contributed by atoms with E-state index >= 15 is 0 Å². The van der Waals surface area contributed by atoms with Gasteiger partial charge in [0.1, 0.15) is 0 Å². The minimum absolute atomic E-state index is 0. The van der Waals surface area contributed by atoms with Gasteiger partial charge in [0.2, 0.25) is 5.91 Å². The first kappa shape index (κ1) is 16.8. The predicted octanol–water partition coefficient (Wildman–Crippen LogP) is 2.84. The average molecular weight is 289 g/mol. The lowest BCUT2D eigenvalue weighted by atomic mass is 9.75. The highest BCUT2D eigenvalue weighted by molar-refractivity contribution is 5.85. The molecule has 2 rings (SSSR count). The summed E-state index contributed by atoms with van der Waals surface area (Å²) in [5, 5.41) is 3.34. The number of hydrogen-bond acceptors (Lipinski definition) is 2. The Kier molecular flexibility index (Phi) is 6.13. The molecule has 1 heterocycles. The molecule has 1 aliphatic heterocycles. The molecule has 0 aromatic rings. The zero-order chi connectivity index (χ0) is 13.2. The molecule has 0 aromatic carbocycles. The van der Waals surface area contributed by atoms with Gasteiger partial charge in [0.05, 0.1) is 5.92 Å². The van der Waals surface area contributed by atoms with E-state index in [1.54, 1.807) is 0 Å². The van der Waals surface area contributed by atoms with Gasteiger partial charge < -0.3 is 10.2 Å². The Hall–Kier alpha value is -0.280. The van der Waals surface area contributed by atoms with Crippen LogP contribution in [0, 0.1) is 11.3 Å². The third-order valence-electron chi connectivity index (χ3n) is 4.85. The second-order valence-corrected chi connectivity index (χ2v) is 6.89. The van der Waals surface area contributed by atoms with Gasteiger partial charge in [-0.25, -0.2) is 0 Å². The van der Waals surface area contributed by atoms with Gasteiger partial charge in [0.15, 0.2) is 0 Å². The van der Waals surface area contributed by atoms with E-state index < -0.39 is 0 Å². The van der Waals surface area contributed by atoms with Crippen LogP contribution in [0.5, 0.6) is 0 Å². The van der Waals surface area contributed by atoms with E-state index in [-0.39, 0.29) is 18.3 Å². The molecule has 112 valence electrons. The lowest BCUT2D eigenvalue weighted by Gasteiger charge is -2.40. The van der Waals surface area contributed by atoms with Gasteiger partial charge in [-0.2, -0.15) is 0 Å². The summed E-state index contributed by atoms with van der Waals surface area (Å²) in [6.45, 7) is 6.64. The third kappa shape index (κ3) is 4.35. The van der Waals surface area contributed by atoms with Crippen LogP contribution in [0.25, 0.3) is 0 Å². The number of amides is 1. The highest BCUT2D eigenvalue weighted by Gasteiger charge is 2.33. The summed E-state index contributed by atoms with van der Waals surface area (Å²) < 4.78 is 0. The third-order valence-corrected chi connectivity index (χ3v) is 4.85. The van der Waals surface area contributed by atoms with Crippen LogP contribution in [-0.2, 0) is 4.79 Å². The van der Waals surface area contributed by atoms with Crippen molar-refractivity contribution in [3.05, 3.63) is 0 Å². The fraction of sp³-hybridized carbons (Fsp3) is 0.933. The van der Waals surface area contributed by atoms with E-state index in [1.807, 2.05) is 11.9 Å². The van der Waals surface area contributed by atoms with Crippen molar-refractivity contribution in [3.63, 3.8) is 0 Å². The molecule has 2 fully saturated rings. The second kappa shape index (κ2) is 6.94. The van der Waals surface area contributed by atoms with Crippen molar-refractivity contribution in [3.8, 4) is 0 Å². The number of piperidine rings is 1. The Bertz CT molecular complexity index is 291. The van der Waals surface area contributed by atoms with Crippen LogP contribution in [0.3, 0.4) is 0 Å². The molecule has 19 heavy (non-hydrogen) atoms. The average Bonchev–Trinajstić information content (AvgIpc) is 2.38. The SMILES string of the molecule is CN(C(=O)[C@@H]1CCCNC1)C1CCC(C)(C)CC1.Cl. The molecule has 0 bridgehead atoms. The predicted molar refractivity (Wildman–Crippen MR) is 81.6 cm³/mol. The Balaban J connectivity index is 0.00000180. The van der Waals surface area contributed by atoms with Crippen molar-refractivity contribution in [2.24, 2.45) is 11.3 Å². The summed E-state index contributed by atoms with van der Waals surface area (Å²) in [4.78, 5) is 14.5. The summed E-state index contributed by atoms with van der Waals surface area (Å²) in [5.41, 5.74) is 0.479. The van der Waals surface area contributed by atoms with Crippen LogP contribution in [0.15, 0.2) is 0 Å². The van der Waals surface area contributed by atoms with Crippen molar-refractivity contribution in [2.75, 3.05) is 20.1 Å². The molecule has 1 saturated carbocycles. The van der Waals surface area contributed by atoms with Crippen molar-refractivity contribution in [1.29, 1.82) is 0 Å². The van der Waals surface area contributed by atoms with E-state index in [2.05, 4.69) is 19.2 Å². The summed E-state index contributed by atoms with van der Waals surface area (Å²) in [5.74, 6) is 0.589. The lowest BCUT2D eigenvalue weighted by Crippen LogP contribution is -2.47. The van der Waals surface area contributed by atoms with E-state index in [4.69, 9.17) is 0 Å². The minimum atomic E-state index is 0. The number of carbonyl (C=O) groups is 1. The Labute approximate surface area is 123 Å². The van der Waals surface area contributed by atoms with Crippen LogP contribution in [0.4, 0.5) is 0 Å². The first-order chi connectivity index (χ1) is 8.49. The Morgan fingerprint density at radius 1 is 1.21 bits per heavy atom. The summed E-state index contributed by atoms with van der Waals surface area (Å²) in [7, 11) is 2.01. The Morgan fingerprint density at radius 2 is 1.84 bits per heavy atom. The first-order valence-corrected chi connectivity index (χ1v) is 7.47. The lowest BCUT2D eigenvalue weighted by molar-refractivity contribution is -0.137. The van der Waals surface area contributed by atoms with Crippen molar-refractivity contribution >= 4 is 18.3 Å². The van der Waals surface area contributed by atoms with Crippen molar-refractivity contribution < 1.29 is 4.79 Å². The summed E-state index contributed by atoms with van der Waals surface area (Å²) in [6, 6.07) is 0.479. The highest BCUT2D eigenvalue weighted by atomic mass is 35.5. The van der Waals surface area contributed by atoms with Crippen LogP contribution in [0.2, 0.25) is 0 Å². The number of nitrogens with one attached hydrogen (secondary N) is 1. The molecule has 1 saturated heterocycles. The Morgan fingerprint density at radius 3 is 2.37 bits per heavy atom. The van der Waals surface area contributed by atoms with E-state index in [0.717, 1.165) is 25.9 Å². The van der Waals surface area contributed by atoms with Gasteiger partial charge in [0, 0.05) is 19.6 Å². The maximum atomic E-state index is 12.4. The fourth-order valence-corrected chi connectivity index (χ4v) is 3.30. The monoisotopic (exact) mass is 288 g/mol. The molecule has 4 heteroatoms. The normalized spacial score (nSPS) is 27.4. The molecule has 1 amide bonds. The number of rotatable bonds is 2. The maximum Gasteiger partial charge on any atom is 0.226 e.